The van der Waals surface area contributed by atoms with Crippen LogP contribution in [0.25, 0.3) is 5.52 Å². The number of carbonyl (C=O) groups is 1. The highest BCUT2D eigenvalue weighted by Gasteiger charge is 2.25. The Balaban J connectivity index is 1.31. The third-order valence-electron chi connectivity index (χ3n) is 6.15. The van der Waals surface area contributed by atoms with E-state index >= 15 is 0 Å². The van der Waals surface area contributed by atoms with Gasteiger partial charge in [-0.05, 0) is 48.9 Å². The number of nitrogens with zero attached hydrogens (tertiary/aromatic N) is 4. The van der Waals surface area contributed by atoms with Crippen molar-refractivity contribution >= 4 is 11.4 Å². The number of pyridine rings is 1. The second kappa shape index (κ2) is 10.6. The summed E-state index contributed by atoms with van der Waals surface area (Å²) < 4.78 is 19.3. The Hall–Kier alpha value is -3.91. The minimum Gasteiger partial charge on any atom is -0.493 e. The predicted molar refractivity (Wildman–Crippen MR) is 131 cm³/mol. The van der Waals surface area contributed by atoms with E-state index in [1.807, 2.05) is 47.8 Å². The number of ether oxygens (including phenoxy) is 3. The Kier molecular flexibility index (Phi) is 6.90. The van der Waals surface area contributed by atoms with Gasteiger partial charge in [-0.1, -0.05) is 6.07 Å². The molecule has 1 saturated heterocycles. The number of benzene rings is 1. The molecule has 1 atom stereocenters. The minimum atomic E-state index is -0.0558. The number of rotatable bonds is 7. The van der Waals surface area contributed by atoms with E-state index in [1.165, 1.54) is 0 Å². The van der Waals surface area contributed by atoms with E-state index in [2.05, 4.69) is 20.4 Å². The highest BCUT2D eigenvalue weighted by Crippen LogP contribution is 2.29. The summed E-state index contributed by atoms with van der Waals surface area (Å²) in [5.41, 5.74) is 3.44. The Morgan fingerprint density at radius 2 is 2.03 bits per heavy atom. The monoisotopic (exact) mass is 472 g/mol. The van der Waals surface area contributed by atoms with Crippen LogP contribution in [0.1, 0.15) is 21.7 Å². The Labute approximate surface area is 204 Å². The molecule has 1 aromatic carbocycles. The van der Waals surface area contributed by atoms with Gasteiger partial charge in [-0.3, -0.25) is 14.8 Å². The number of amides is 1. The van der Waals surface area contributed by atoms with Crippen LogP contribution in [0.2, 0.25) is 0 Å². The smallest absolute Gasteiger partial charge is 0.254 e. The van der Waals surface area contributed by atoms with Crippen LogP contribution < -0.4 is 9.47 Å². The van der Waals surface area contributed by atoms with Gasteiger partial charge < -0.3 is 23.5 Å². The van der Waals surface area contributed by atoms with E-state index in [0.717, 1.165) is 23.3 Å². The van der Waals surface area contributed by atoms with E-state index in [-0.39, 0.29) is 18.4 Å². The zero-order chi connectivity index (χ0) is 24.0. The van der Waals surface area contributed by atoms with Crippen molar-refractivity contribution < 1.29 is 19.0 Å². The molecule has 8 nitrogen and oxygen atoms in total. The van der Waals surface area contributed by atoms with Gasteiger partial charge in [0.1, 0.15) is 6.61 Å². The standard InChI is InChI=1S/C27H28N4O4/c1-33-25-8-7-21(16-26(25)35-19-22-5-2-3-9-28-22)27(32)31-13-14-34-18-20(17-31)15-23-24-6-4-11-30(24)12-10-29-23/h2-12,16,20H,13-15,17-19H2,1H3/t20-/m0/s1. The van der Waals surface area contributed by atoms with Crippen LogP contribution in [0.15, 0.2) is 73.3 Å². The lowest BCUT2D eigenvalue weighted by Crippen LogP contribution is -2.36. The summed E-state index contributed by atoms with van der Waals surface area (Å²) in [6, 6.07) is 15.0. The van der Waals surface area contributed by atoms with Crippen LogP contribution in [0, 0.1) is 5.92 Å². The number of fused-ring (bicyclic) bond motifs is 1. The van der Waals surface area contributed by atoms with Crippen molar-refractivity contribution in [2.45, 2.75) is 13.0 Å². The molecule has 0 saturated carbocycles. The van der Waals surface area contributed by atoms with E-state index in [4.69, 9.17) is 14.2 Å². The fraction of sp³-hybridized carbons (Fsp3) is 0.296. The quantitative estimate of drug-likeness (QED) is 0.409. The summed E-state index contributed by atoms with van der Waals surface area (Å²) in [6.07, 6.45) is 8.22. The van der Waals surface area contributed by atoms with Gasteiger partial charge in [0.05, 0.1) is 37.2 Å². The molecule has 0 radical (unpaired) electrons. The molecule has 8 heteroatoms. The highest BCUT2D eigenvalue weighted by molar-refractivity contribution is 5.95. The Morgan fingerprint density at radius 3 is 2.89 bits per heavy atom. The number of carbonyl (C=O) groups excluding carboxylic acids is 1. The average molecular weight is 473 g/mol. The highest BCUT2D eigenvalue weighted by atomic mass is 16.5. The molecule has 4 aromatic rings. The third-order valence-corrected chi connectivity index (χ3v) is 6.15. The summed E-state index contributed by atoms with van der Waals surface area (Å²) in [4.78, 5) is 24.2. The fourth-order valence-corrected chi connectivity index (χ4v) is 4.39. The summed E-state index contributed by atoms with van der Waals surface area (Å²) >= 11 is 0. The number of methoxy groups -OCH3 is 1. The number of hydrogen-bond acceptors (Lipinski definition) is 6. The molecule has 0 spiro atoms. The first kappa shape index (κ1) is 22.9. The van der Waals surface area contributed by atoms with Crippen LogP contribution in [0.5, 0.6) is 11.5 Å². The van der Waals surface area contributed by atoms with Crippen molar-refractivity contribution in [2.24, 2.45) is 5.92 Å². The van der Waals surface area contributed by atoms with Crippen LogP contribution in [-0.4, -0.2) is 58.6 Å². The topological polar surface area (TPSA) is 78.2 Å². The second-order valence-electron chi connectivity index (χ2n) is 8.55. The van der Waals surface area contributed by atoms with Crippen molar-refractivity contribution in [2.75, 3.05) is 33.4 Å². The first-order valence-electron chi connectivity index (χ1n) is 11.7. The lowest BCUT2D eigenvalue weighted by molar-refractivity contribution is 0.0736. The molecule has 35 heavy (non-hydrogen) atoms. The molecule has 3 aromatic heterocycles. The van der Waals surface area contributed by atoms with Crippen molar-refractivity contribution in [1.82, 2.24) is 19.3 Å². The molecule has 0 bridgehead atoms. The first-order valence-corrected chi connectivity index (χ1v) is 11.7. The summed E-state index contributed by atoms with van der Waals surface area (Å²) in [5, 5.41) is 0. The molecular formula is C27H28N4O4. The van der Waals surface area contributed by atoms with Gasteiger partial charge in [0, 0.05) is 49.4 Å². The van der Waals surface area contributed by atoms with E-state index in [0.29, 0.717) is 43.4 Å². The fourth-order valence-electron chi connectivity index (χ4n) is 4.39. The predicted octanol–water partition coefficient (Wildman–Crippen LogP) is 3.65. The van der Waals surface area contributed by atoms with Crippen LogP contribution >= 0.6 is 0 Å². The van der Waals surface area contributed by atoms with Crippen molar-refractivity contribution in [3.05, 3.63) is 90.3 Å². The molecule has 180 valence electrons. The zero-order valence-corrected chi connectivity index (χ0v) is 19.7. The zero-order valence-electron chi connectivity index (χ0n) is 19.7. The maximum absolute atomic E-state index is 13.5. The van der Waals surface area contributed by atoms with E-state index in [9.17, 15) is 4.79 Å². The van der Waals surface area contributed by atoms with Gasteiger partial charge in [-0.25, -0.2) is 0 Å². The van der Waals surface area contributed by atoms with Crippen LogP contribution in [0.4, 0.5) is 0 Å². The molecule has 5 rings (SSSR count). The lowest BCUT2D eigenvalue weighted by atomic mass is 10.0. The summed E-state index contributed by atoms with van der Waals surface area (Å²) in [6.45, 7) is 2.51. The molecule has 1 fully saturated rings. The second-order valence-corrected chi connectivity index (χ2v) is 8.55. The van der Waals surface area contributed by atoms with Crippen LogP contribution in [0.3, 0.4) is 0 Å². The maximum Gasteiger partial charge on any atom is 0.254 e. The number of hydrogen-bond donors (Lipinski definition) is 0. The van der Waals surface area contributed by atoms with Gasteiger partial charge in [0.15, 0.2) is 11.5 Å². The van der Waals surface area contributed by atoms with Gasteiger partial charge in [0.25, 0.3) is 5.91 Å². The molecule has 0 aliphatic carbocycles. The maximum atomic E-state index is 13.5. The molecule has 4 heterocycles. The SMILES string of the molecule is COc1ccc(C(=O)N2CCOC[C@@H](Cc3nccn4cccc34)C2)cc1OCc1ccccn1. The average Bonchev–Trinajstić information content (AvgIpc) is 3.27. The Morgan fingerprint density at radius 1 is 1.09 bits per heavy atom. The molecular weight excluding hydrogens is 444 g/mol. The van der Waals surface area contributed by atoms with Gasteiger partial charge >= 0.3 is 0 Å². The molecule has 0 unspecified atom stereocenters. The van der Waals surface area contributed by atoms with Gasteiger partial charge in [0.2, 0.25) is 0 Å². The normalized spacial score (nSPS) is 16.1. The number of aromatic nitrogens is 3. The van der Waals surface area contributed by atoms with E-state index < -0.39 is 0 Å². The lowest BCUT2D eigenvalue weighted by Gasteiger charge is -2.24. The van der Waals surface area contributed by atoms with Crippen molar-refractivity contribution in [1.29, 1.82) is 0 Å². The van der Waals surface area contributed by atoms with Crippen LogP contribution in [-0.2, 0) is 17.8 Å². The van der Waals surface area contributed by atoms with E-state index in [1.54, 1.807) is 31.5 Å². The van der Waals surface area contributed by atoms with Crippen molar-refractivity contribution in [3.8, 4) is 11.5 Å². The minimum absolute atomic E-state index is 0.0558. The third kappa shape index (κ3) is 5.27. The first-order chi connectivity index (χ1) is 17.2. The van der Waals surface area contributed by atoms with Crippen molar-refractivity contribution in [3.63, 3.8) is 0 Å². The summed E-state index contributed by atoms with van der Waals surface area (Å²) in [5.74, 6) is 1.17. The van der Waals surface area contributed by atoms with Gasteiger partial charge in [-0.2, -0.15) is 0 Å². The largest absolute Gasteiger partial charge is 0.493 e. The molecule has 1 aliphatic rings. The Bertz CT molecular complexity index is 1290. The molecule has 0 N–H and O–H groups in total. The molecule has 1 amide bonds. The van der Waals surface area contributed by atoms with Gasteiger partial charge in [-0.15, -0.1) is 0 Å². The summed E-state index contributed by atoms with van der Waals surface area (Å²) in [7, 11) is 1.58. The molecule has 1 aliphatic heterocycles.